The number of fused-ring (bicyclic) bond motifs is 1. The minimum atomic E-state index is -0.492. The largest absolute Gasteiger partial charge is 0.330 e. The summed E-state index contributed by atoms with van der Waals surface area (Å²) in [5, 5.41) is 5.22. The highest BCUT2D eigenvalue weighted by Crippen LogP contribution is 2.28. The first kappa shape index (κ1) is 14.5. The Morgan fingerprint density at radius 2 is 2.25 bits per heavy atom. The van der Waals surface area contributed by atoms with Crippen molar-refractivity contribution in [2.75, 3.05) is 17.2 Å². The molecule has 0 bridgehead atoms. The van der Waals surface area contributed by atoms with Crippen molar-refractivity contribution in [1.82, 2.24) is 0 Å². The molecule has 1 aromatic carbocycles. The van der Waals surface area contributed by atoms with Crippen molar-refractivity contribution in [2.45, 2.75) is 26.2 Å². The van der Waals surface area contributed by atoms with Crippen molar-refractivity contribution in [2.24, 2.45) is 11.7 Å². The van der Waals surface area contributed by atoms with E-state index in [0.717, 1.165) is 5.56 Å². The Morgan fingerprint density at radius 3 is 2.95 bits per heavy atom. The standard InChI is InChI=1S/C14H18FN3O2/c1-8(4-5-16)14(20)18-12-7-11-9(6-10(12)15)2-3-13(19)17-11/h6-8H,2-5,16H2,1H3,(H,17,19)(H,18,20). The number of hydrogen-bond acceptors (Lipinski definition) is 3. The monoisotopic (exact) mass is 279 g/mol. The van der Waals surface area contributed by atoms with E-state index in [9.17, 15) is 14.0 Å². The van der Waals surface area contributed by atoms with Crippen molar-refractivity contribution in [1.29, 1.82) is 0 Å². The van der Waals surface area contributed by atoms with Crippen LogP contribution in [0.15, 0.2) is 12.1 Å². The second kappa shape index (κ2) is 6.00. The molecule has 108 valence electrons. The Bertz CT molecular complexity index is 545. The van der Waals surface area contributed by atoms with Crippen LogP contribution in [-0.4, -0.2) is 18.4 Å². The average molecular weight is 279 g/mol. The predicted octanol–water partition coefficient (Wildman–Crippen LogP) is 1.63. The molecular weight excluding hydrogens is 261 g/mol. The topological polar surface area (TPSA) is 84.2 Å². The van der Waals surface area contributed by atoms with Gasteiger partial charge in [0.2, 0.25) is 11.8 Å². The third-order valence-corrected chi connectivity index (χ3v) is 3.39. The van der Waals surface area contributed by atoms with Crippen LogP contribution in [0.1, 0.15) is 25.3 Å². The van der Waals surface area contributed by atoms with Crippen LogP contribution in [0, 0.1) is 11.7 Å². The molecule has 1 atom stereocenters. The first-order valence-electron chi connectivity index (χ1n) is 6.64. The number of nitrogens with two attached hydrogens (primary N) is 1. The molecule has 1 aliphatic heterocycles. The number of rotatable bonds is 4. The van der Waals surface area contributed by atoms with Gasteiger partial charge in [-0.2, -0.15) is 0 Å². The minimum absolute atomic E-state index is 0.0832. The molecule has 2 rings (SSSR count). The minimum Gasteiger partial charge on any atom is -0.330 e. The zero-order valence-electron chi connectivity index (χ0n) is 11.3. The van der Waals surface area contributed by atoms with E-state index in [2.05, 4.69) is 10.6 Å². The van der Waals surface area contributed by atoms with Crippen LogP contribution >= 0.6 is 0 Å². The highest BCUT2D eigenvalue weighted by molar-refractivity contribution is 5.97. The van der Waals surface area contributed by atoms with E-state index in [1.54, 1.807) is 6.92 Å². The SMILES string of the molecule is CC(CCN)C(=O)Nc1cc2c(cc1F)CCC(=O)N2. The van der Waals surface area contributed by atoms with Gasteiger partial charge in [0.1, 0.15) is 5.82 Å². The summed E-state index contributed by atoms with van der Waals surface area (Å²) >= 11 is 0. The quantitative estimate of drug-likeness (QED) is 0.783. The number of amides is 2. The maximum Gasteiger partial charge on any atom is 0.227 e. The van der Waals surface area contributed by atoms with Gasteiger partial charge in [-0.3, -0.25) is 9.59 Å². The molecular formula is C14H18FN3O2. The number of carbonyl (C=O) groups excluding carboxylic acids is 2. The highest BCUT2D eigenvalue weighted by atomic mass is 19.1. The summed E-state index contributed by atoms with van der Waals surface area (Å²) in [7, 11) is 0. The molecule has 5 nitrogen and oxygen atoms in total. The summed E-state index contributed by atoms with van der Waals surface area (Å²) in [5.41, 5.74) is 6.78. The van der Waals surface area contributed by atoms with Gasteiger partial charge in [-0.15, -0.1) is 0 Å². The lowest BCUT2D eigenvalue weighted by Crippen LogP contribution is -2.24. The Labute approximate surface area is 116 Å². The molecule has 0 fully saturated rings. The average Bonchev–Trinajstić information content (AvgIpc) is 2.40. The molecule has 0 radical (unpaired) electrons. The van der Waals surface area contributed by atoms with Crippen molar-refractivity contribution in [3.8, 4) is 0 Å². The predicted molar refractivity (Wildman–Crippen MR) is 74.8 cm³/mol. The van der Waals surface area contributed by atoms with Crippen molar-refractivity contribution < 1.29 is 14.0 Å². The molecule has 1 aromatic rings. The molecule has 4 N–H and O–H groups in total. The first-order valence-corrected chi connectivity index (χ1v) is 6.64. The molecule has 1 heterocycles. The molecule has 20 heavy (non-hydrogen) atoms. The lowest BCUT2D eigenvalue weighted by molar-refractivity contribution is -0.119. The van der Waals surface area contributed by atoms with Crippen LogP contribution < -0.4 is 16.4 Å². The smallest absolute Gasteiger partial charge is 0.227 e. The fraction of sp³-hybridized carbons (Fsp3) is 0.429. The molecule has 6 heteroatoms. The molecule has 0 aromatic heterocycles. The van der Waals surface area contributed by atoms with Gasteiger partial charge in [0.05, 0.1) is 5.69 Å². The number of benzene rings is 1. The fourth-order valence-electron chi connectivity index (χ4n) is 2.13. The van der Waals surface area contributed by atoms with E-state index >= 15 is 0 Å². The maximum atomic E-state index is 13.9. The van der Waals surface area contributed by atoms with Crippen LogP contribution in [-0.2, 0) is 16.0 Å². The zero-order valence-corrected chi connectivity index (χ0v) is 11.3. The number of hydrogen-bond donors (Lipinski definition) is 3. The van der Waals surface area contributed by atoms with Crippen molar-refractivity contribution in [3.63, 3.8) is 0 Å². The Balaban J connectivity index is 2.18. The summed E-state index contributed by atoms with van der Waals surface area (Å²) in [6.07, 6.45) is 1.40. The normalized spacial score (nSPS) is 15.2. The summed E-state index contributed by atoms with van der Waals surface area (Å²) < 4.78 is 13.9. The van der Waals surface area contributed by atoms with E-state index in [-0.39, 0.29) is 23.4 Å². The van der Waals surface area contributed by atoms with Gasteiger partial charge >= 0.3 is 0 Å². The van der Waals surface area contributed by atoms with Gasteiger partial charge in [-0.05, 0) is 37.1 Å². The second-order valence-electron chi connectivity index (χ2n) is 5.01. The van der Waals surface area contributed by atoms with Gasteiger partial charge in [0.25, 0.3) is 0 Å². The Morgan fingerprint density at radius 1 is 1.50 bits per heavy atom. The zero-order chi connectivity index (χ0) is 14.7. The number of aryl methyl sites for hydroxylation is 1. The Hall–Kier alpha value is -1.95. The number of anilines is 2. The van der Waals surface area contributed by atoms with Gasteiger partial charge < -0.3 is 16.4 Å². The van der Waals surface area contributed by atoms with E-state index < -0.39 is 5.82 Å². The molecule has 0 saturated carbocycles. The van der Waals surface area contributed by atoms with E-state index in [1.165, 1.54) is 12.1 Å². The number of carbonyl (C=O) groups is 2. The van der Waals surface area contributed by atoms with Crippen molar-refractivity contribution in [3.05, 3.63) is 23.5 Å². The van der Waals surface area contributed by atoms with Crippen LogP contribution in [0.3, 0.4) is 0 Å². The van der Waals surface area contributed by atoms with Crippen LogP contribution in [0.5, 0.6) is 0 Å². The third-order valence-electron chi connectivity index (χ3n) is 3.39. The second-order valence-corrected chi connectivity index (χ2v) is 5.01. The summed E-state index contributed by atoms with van der Waals surface area (Å²) in [5.74, 6) is -1.16. The van der Waals surface area contributed by atoms with Gasteiger partial charge in [-0.1, -0.05) is 6.92 Å². The van der Waals surface area contributed by atoms with E-state index in [1.807, 2.05) is 0 Å². The van der Waals surface area contributed by atoms with Gasteiger partial charge in [0, 0.05) is 18.0 Å². The molecule has 1 unspecified atom stereocenters. The Kier molecular flexibility index (Phi) is 4.34. The first-order chi connectivity index (χ1) is 9.51. The molecule has 0 aliphatic carbocycles. The molecule has 0 spiro atoms. The summed E-state index contributed by atoms with van der Waals surface area (Å²) in [4.78, 5) is 23.2. The highest BCUT2D eigenvalue weighted by Gasteiger charge is 2.19. The summed E-state index contributed by atoms with van der Waals surface area (Å²) in [6.45, 7) is 2.14. The molecule has 0 saturated heterocycles. The van der Waals surface area contributed by atoms with Crippen molar-refractivity contribution >= 4 is 23.2 Å². The van der Waals surface area contributed by atoms with E-state index in [0.29, 0.717) is 31.5 Å². The van der Waals surface area contributed by atoms with Crippen LogP contribution in [0.4, 0.5) is 15.8 Å². The number of halogens is 1. The van der Waals surface area contributed by atoms with Crippen LogP contribution in [0.25, 0.3) is 0 Å². The maximum absolute atomic E-state index is 13.9. The fourth-order valence-corrected chi connectivity index (χ4v) is 2.13. The van der Waals surface area contributed by atoms with Gasteiger partial charge in [-0.25, -0.2) is 4.39 Å². The molecule has 1 aliphatic rings. The van der Waals surface area contributed by atoms with E-state index in [4.69, 9.17) is 5.73 Å². The number of nitrogens with one attached hydrogen (secondary N) is 2. The summed E-state index contributed by atoms with van der Waals surface area (Å²) in [6, 6.07) is 2.83. The van der Waals surface area contributed by atoms with Gasteiger partial charge in [0.15, 0.2) is 0 Å². The molecule has 2 amide bonds. The lowest BCUT2D eigenvalue weighted by Gasteiger charge is -2.19. The van der Waals surface area contributed by atoms with Crippen LogP contribution in [0.2, 0.25) is 0 Å². The lowest BCUT2D eigenvalue weighted by atomic mass is 10.0. The third kappa shape index (κ3) is 3.14.